The molecule has 3 rings (SSSR count). The number of amides is 2. The molecule has 130 valence electrons. The van der Waals surface area contributed by atoms with Gasteiger partial charge in [-0.1, -0.05) is 18.2 Å². The summed E-state index contributed by atoms with van der Waals surface area (Å²) >= 11 is 0. The van der Waals surface area contributed by atoms with Crippen LogP contribution in [0.15, 0.2) is 42.5 Å². The van der Waals surface area contributed by atoms with Crippen LogP contribution >= 0.6 is 0 Å². The van der Waals surface area contributed by atoms with Crippen molar-refractivity contribution in [3.63, 3.8) is 0 Å². The second-order valence-electron chi connectivity index (χ2n) is 6.38. The van der Waals surface area contributed by atoms with Crippen LogP contribution in [0.5, 0.6) is 11.5 Å². The van der Waals surface area contributed by atoms with Gasteiger partial charge in [0.25, 0.3) is 11.8 Å². The summed E-state index contributed by atoms with van der Waals surface area (Å²) < 4.78 is 11.2. The lowest BCUT2D eigenvalue weighted by Gasteiger charge is -2.31. The lowest BCUT2D eigenvalue weighted by Crippen LogP contribution is -2.45. The Hall–Kier alpha value is -3.02. The Morgan fingerprint density at radius 1 is 1.24 bits per heavy atom. The molecule has 6 nitrogen and oxygen atoms in total. The molecule has 1 aliphatic rings. The number of hydrogen-bond acceptors (Lipinski definition) is 4. The first-order chi connectivity index (χ1) is 11.8. The molecule has 2 N–H and O–H groups in total. The molecule has 0 atom stereocenters. The van der Waals surface area contributed by atoms with E-state index in [4.69, 9.17) is 9.47 Å². The molecule has 2 aromatic rings. The highest BCUT2D eigenvalue weighted by atomic mass is 16.5. The minimum absolute atomic E-state index is 0.0922. The Labute approximate surface area is 146 Å². The highest BCUT2D eigenvalue weighted by Crippen LogP contribution is 2.35. The van der Waals surface area contributed by atoms with Crippen molar-refractivity contribution < 1.29 is 19.1 Å². The summed E-state index contributed by atoms with van der Waals surface area (Å²) in [6, 6.07) is 12.6. The standard InChI is InChI=1S/C19H20N2O4/c1-12-6-4-5-7-15(12)24-11-17(22)20-13-8-9-14-16(10-13)25-19(2,3)18(23)21-14/h4-10H,11H2,1-3H3,(H,20,22)(H,21,23). The van der Waals surface area contributed by atoms with Crippen molar-refractivity contribution in [1.29, 1.82) is 0 Å². The molecular formula is C19H20N2O4. The van der Waals surface area contributed by atoms with Gasteiger partial charge < -0.3 is 20.1 Å². The zero-order chi connectivity index (χ0) is 18.0. The van der Waals surface area contributed by atoms with E-state index in [0.717, 1.165) is 5.56 Å². The number of fused-ring (bicyclic) bond motifs is 1. The van der Waals surface area contributed by atoms with Gasteiger partial charge in [0.1, 0.15) is 11.5 Å². The van der Waals surface area contributed by atoms with E-state index in [1.807, 2.05) is 31.2 Å². The van der Waals surface area contributed by atoms with Gasteiger partial charge in [-0.05, 0) is 44.5 Å². The SMILES string of the molecule is Cc1ccccc1OCC(=O)Nc1ccc2c(c1)OC(C)(C)C(=O)N2. The number of nitrogens with one attached hydrogen (secondary N) is 2. The zero-order valence-electron chi connectivity index (χ0n) is 14.4. The van der Waals surface area contributed by atoms with Crippen LogP contribution in [-0.4, -0.2) is 24.0 Å². The minimum atomic E-state index is -0.955. The number of carbonyl (C=O) groups excluding carboxylic acids is 2. The summed E-state index contributed by atoms with van der Waals surface area (Å²) in [4.78, 5) is 24.0. The van der Waals surface area contributed by atoms with E-state index in [1.165, 1.54) is 0 Å². The van der Waals surface area contributed by atoms with Gasteiger partial charge in [-0.3, -0.25) is 9.59 Å². The van der Waals surface area contributed by atoms with Crippen LogP contribution < -0.4 is 20.1 Å². The van der Waals surface area contributed by atoms with Crippen LogP contribution in [0.4, 0.5) is 11.4 Å². The van der Waals surface area contributed by atoms with Gasteiger partial charge in [-0.25, -0.2) is 0 Å². The third kappa shape index (κ3) is 3.74. The van der Waals surface area contributed by atoms with Gasteiger partial charge in [-0.2, -0.15) is 0 Å². The molecule has 0 aromatic heterocycles. The van der Waals surface area contributed by atoms with Gasteiger partial charge in [0.2, 0.25) is 0 Å². The predicted molar refractivity (Wildman–Crippen MR) is 95.1 cm³/mol. The first kappa shape index (κ1) is 16.8. The third-order valence-corrected chi connectivity index (χ3v) is 3.88. The van der Waals surface area contributed by atoms with E-state index < -0.39 is 5.60 Å². The molecule has 0 fully saturated rings. The fourth-order valence-electron chi connectivity index (χ4n) is 2.44. The van der Waals surface area contributed by atoms with E-state index in [1.54, 1.807) is 32.0 Å². The molecule has 1 aliphatic heterocycles. The first-order valence-corrected chi connectivity index (χ1v) is 7.98. The molecule has 0 spiro atoms. The number of anilines is 2. The van der Waals surface area contributed by atoms with Crippen molar-refractivity contribution in [1.82, 2.24) is 0 Å². The minimum Gasteiger partial charge on any atom is -0.483 e. The fourth-order valence-corrected chi connectivity index (χ4v) is 2.44. The van der Waals surface area contributed by atoms with E-state index in [2.05, 4.69) is 10.6 Å². The Bertz CT molecular complexity index is 830. The molecule has 1 heterocycles. The van der Waals surface area contributed by atoms with E-state index in [-0.39, 0.29) is 18.4 Å². The zero-order valence-corrected chi connectivity index (χ0v) is 14.4. The molecule has 0 radical (unpaired) electrons. The van der Waals surface area contributed by atoms with Crippen molar-refractivity contribution in [2.45, 2.75) is 26.4 Å². The van der Waals surface area contributed by atoms with Crippen molar-refractivity contribution in [3.8, 4) is 11.5 Å². The second kappa shape index (κ2) is 6.47. The molecule has 0 unspecified atom stereocenters. The lowest BCUT2D eigenvalue weighted by molar-refractivity contribution is -0.129. The maximum absolute atomic E-state index is 12.1. The molecule has 0 saturated carbocycles. The third-order valence-electron chi connectivity index (χ3n) is 3.88. The Kier molecular flexibility index (Phi) is 4.35. The van der Waals surface area contributed by atoms with E-state index in [0.29, 0.717) is 22.9 Å². The number of rotatable bonds is 4. The van der Waals surface area contributed by atoms with E-state index in [9.17, 15) is 9.59 Å². The highest BCUT2D eigenvalue weighted by Gasteiger charge is 2.35. The smallest absolute Gasteiger partial charge is 0.268 e. The Morgan fingerprint density at radius 2 is 2.00 bits per heavy atom. The molecule has 25 heavy (non-hydrogen) atoms. The number of carbonyl (C=O) groups is 2. The number of benzene rings is 2. The van der Waals surface area contributed by atoms with Crippen molar-refractivity contribution in [2.24, 2.45) is 0 Å². The summed E-state index contributed by atoms with van der Waals surface area (Å²) in [7, 11) is 0. The molecule has 6 heteroatoms. The maximum Gasteiger partial charge on any atom is 0.268 e. The van der Waals surface area contributed by atoms with Crippen LogP contribution in [0.1, 0.15) is 19.4 Å². The van der Waals surface area contributed by atoms with E-state index >= 15 is 0 Å². The van der Waals surface area contributed by atoms with Gasteiger partial charge in [0.05, 0.1) is 5.69 Å². The molecular weight excluding hydrogens is 320 g/mol. The number of aryl methyl sites for hydroxylation is 1. The molecule has 2 amide bonds. The number of para-hydroxylation sites is 1. The van der Waals surface area contributed by atoms with Crippen molar-refractivity contribution in [3.05, 3.63) is 48.0 Å². The monoisotopic (exact) mass is 340 g/mol. The summed E-state index contributed by atoms with van der Waals surface area (Å²) in [5, 5.41) is 5.55. The average molecular weight is 340 g/mol. The van der Waals surface area contributed by atoms with Crippen molar-refractivity contribution >= 4 is 23.2 Å². The Morgan fingerprint density at radius 3 is 2.76 bits per heavy atom. The summed E-state index contributed by atoms with van der Waals surface area (Å²) in [5.41, 5.74) is 1.17. The lowest BCUT2D eigenvalue weighted by atomic mass is 10.1. The maximum atomic E-state index is 12.1. The van der Waals surface area contributed by atoms with Crippen LogP contribution in [-0.2, 0) is 9.59 Å². The largest absolute Gasteiger partial charge is 0.483 e. The van der Waals surface area contributed by atoms with Crippen LogP contribution in [0.2, 0.25) is 0 Å². The van der Waals surface area contributed by atoms with Gasteiger partial charge in [0.15, 0.2) is 12.2 Å². The molecule has 2 aromatic carbocycles. The van der Waals surface area contributed by atoms with Crippen LogP contribution in [0, 0.1) is 6.92 Å². The number of hydrogen-bond donors (Lipinski definition) is 2. The first-order valence-electron chi connectivity index (χ1n) is 7.98. The highest BCUT2D eigenvalue weighted by molar-refractivity contribution is 6.01. The fraction of sp³-hybridized carbons (Fsp3) is 0.263. The number of ether oxygens (including phenoxy) is 2. The molecule has 0 saturated heterocycles. The summed E-state index contributed by atoms with van der Waals surface area (Å²) in [6.07, 6.45) is 0. The normalized spacial score (nSPS) is 14.8. The topological polar surface area (TPSA) is 76.7 Å². The molecule has 0 bridgehead atoms. The Balaban J connectivity index is 1.65. The molecule has 0 aliphatic carbocycles. The van der Waals surface area contributed by atoms with Crippen LogP contribution in [0.3, 0.4) is 0 Å². The summed E-state index contributed by atoms with van der Waals surface area (Å²) in [5.74, 6) is 0.712. The van der Waals surface area contributed by atoms with Gasteiger partial charge in [-0.15, -0.1) is 0 Å². The van der Waals surface area contributed by atoms with Gasteiger partial charge in [0, 0.05) is 11.8 Å². The quantitative estimate of drug-likeness (QED) is 0.896. The van der Waals surface area contributed by atoms with Crippen molar-refractivity contribution in [2.75, 3.05) is 17.2 Å². The second-order valence-corrected chi connectivity index (χ2v) is 6.38. The predicted octanol–water partition coefficient (Wildman–Crippen LogP) is 3.12. The van der Waals surface area contributed by atoms with Gasteiger partial charge >= 0.3 is 0 Å². The van der Waals surface area contributed by atoms with Crippen LogP contribution in [0.25, 0.3) is 0 Å². The summed E-state index contributed by atoms with van der Waals surface area (Å²) in [6.45, 7) is 5.20. The average Bonchev–Trinajstić information content (AvgIpc) is 2.55.